The van der Waals surface area contributed by atoms with Gasteiger partial charge < -0.3 is 11.3 Å². The van der Waals surface area contributed by atoms with Crippen molar-refractivity contribution in [2.24, 2.45) is 0 Å². The highest BCUT2D eigenvalue weighted by molar-refractivity contribution is 4.32. The largest absolute Gasteiger partial charge is 0.412 e. The normalized spacial score (nSPS) is 7.43. The van der Waals surface area contributed by atoms with E-state index in [0.29, 0.717) is 0 Å². The summed E-state index contributed by atoms with van der Waals surface area (Å²) in [5.41, 5.74) is 0. The standard InChI is InChI=1S/CH3N5.H2O/c2-6-4-1-3-5-6;/h1H,2H2;1H2. The van der Waals surface area contributed by atoms with Crippen molar-refractivity contribution in [3.8, 4) is 0 Å². The Morgan fingerprint density at radius 1 is 1.57 bits per heavy atom. The minimum Gasteiger partial charge on any atom is -0.412 e. The van der Waals surface area contributed by atoms with Crippen LogP contribution in [0, 0.1) is 0 Å². The van der Waals surface area contributed by atoms with Crippen LogP contribution >= 0.6 is 0 Å². The molecule has 1 rings (SSSR count). The van der Waals surface area contributed by atoms with E-state index in [1.165, 1.54) is 6.33 Å². The summed E-state index contributed by atoms with van der Waals surface area (Å²) in [6.45, 7) is 0. The van der Waals surface area contributed by atoms with Crippen LogP contribution in [0.5, 0.6) is 0 Å². The van der Waals surface area contributed by atoms with E-state index in [-0.39, 0.29) is 5.48 Å². The lowest BCUT2D eigenvalue weighted by Crippen LogP contribution is -2.11. The van der Waals surface area contributed by atoms with Gasteiger partial charge in [-0.1, -0.05) is 4.91 Å². The highest BCUT2D eigenvalue weighted by Crippen LogP contribution is 1.51. The lowest BCUT2D eigenvalue weighted by Gasteiger charge is -1.73. The van der Waals surface area contributed by atoms with Gasteiger partial charge in [-0.05, 0) is 5.21 Å². The molecule has 0 spiro atoms. The SMILES string of the molecule is Nn1ncnn1.O. The molecule has 7 heavy (non-hydrogen) atoms. The van der Waals surface area contributed by atoms with Crippen molar-refractivity contribution in [2.45, 2.75) is 0 Å². The Morgan fingerprint density at radius 3 is 2.43 bits per heavy atom. The van der Waals surface area contributed by atoms with Gasteiger partial charge in [0.25, 0.3) is 0 Å². The van der Waals surface area contributed by atoms with E-state index in [2.05, 4.69) is 15.4 Å². The molecule has 0 aliphatic rings. The number of hydrogen-bond acceptors (Lipinski definition) is 4. The summed E-state index contributed by atoms with van der Waals surface area (Å²) in [5.74, 6) is 4.91. The Labute approximate surface area is 39.2 Å². The van der Waals surface area contributed by atoms with Crippen molar-refractivity contribution >= 4 is 0 Å². The van der Waals surface area contributed by atoms with Gasteiger partial charge in [0, 0.05) is 0 Å². The molecule has 1 aromatic heterocycles. The van der Waals surface area contributed by atoms with Gasteiger partial charge >= 0.3 is 0 Å². The summed E-state index contributed by atoms with van der Waals surface area (Å²) in [5, 5.41) is 9.94. The molecule has 0 atom stereocenters. The summed E-state index contributed by atoms with van der Waals surface area (Å²) < 4.78 is 0. The Morgan fingerprint density at radius 2 is 2.29 bits per heavy atom. The van der Waals surface area contributed by atoms with Crippen LogP contribution in [0.3, 0.4) is 0 Å². The van der Waals surface area contributed by atoms with Crippen molar-refractivity contribution in [1.29, 1.82) is 0 Å². The first-order chi connectivity index (χ1) is 2.89. The van der Waals surface area contributed by atoms with Crippen molar-refractivity contribution < 1.29 is 5.48 Å². The Balaban J connectivity index is 0.000000360. The van der Waals surface area contributed by atoms with Crippen LogP contribution in [-0.2, 0) is 0 Å². The van der Waals surface area contributed by atoms with E-state index in [1.54, 1.807) is 0 Å². The average molecular weight is 103 g/mol. The smallest absolute Gasteiger partial charge is 0.164 e. The first-order valence-corrected chi connectivity index (χ1v) is 1.37. The van der Waals surface area contributed by atoms with E-state index >= 15 is 0 Å². The zero-order valence-electron chi connectivity index (χ0n) is 3.44. The van der Waals surface area contributed by atoms with Gasteiger partial charge in [0.2, 0.25) is 0 Å². The maximum Gasteiger partial charge on any atom is 0.164 e. The van der Waals surface area contributed by atoms with E-state index in [4.69, 9.17) is 5.84 Å². The molecule has 0 bridgehead atoms. The van der Waals surface area contributed by atoms with Gasteiger partial charge in [0.15, 0.2) is 6.33 Å². The molecule has 0 aliphatic carbocycles. The molecular weight excluding hydrogens is 98.0 g/mol. The molecule has 1 aromatic rings. The number of aromatic nitrogens is 4. The average Bonchev–Trinajstić information content (AvgIpc) is 1.86. The van der Waals surface area contributed by atoms with Crippen molar-refractivity contribution in [2.75, 3.05) is 5.84 Å². The molecule has 40 valence electrons. The van der Waals surface area contributed by atoms with Crippen LogP contribution in [0.1, 0.15) is 0 Å². The molecule has 0 fully saturated rings. The molecule has 0 radical (unpaired) electrons. The third kappa shape index (κ3) is 1.14. The minimum absolute atomic E-state index is 0. The van der Waals surface area contributed by atoms with Gasteiger partial charge in [-0.3, -0.25) is 0 Å². The number of nitrogens with two attached hydrogens (primary N) is 1. The second-order valence-corrected chi connectivity index (χ2v) is 0.756. The van der Waals surface area contributed by atoms with E-state index in [9.17, 15) is 0 Å². The van der Waals surface area contributed by atoms with Crippen molar-refractivity contribution in [1.82, 2.24) is 20.3 Å². The fraction of sp³-hybridized carbons (Fsp3) is 0. The number of tetrazole rings is 1. The highest BCUT2D eigenvalue weighted by atomic mass is 16.0. The number of nitrogen functional groups attached to an aromatic ring is 1. The summed E-state index contributed by atoms with van der Waals surface area (Å²) >= 11 is 0. The molecule has 6 nitrogen and oxygen atoms in total. The van der Waals surface area contributed by atoms with Gasteiger partial charge in [-0.25, -0.2) is 0 Å². The molecule has 1 heterocycles. The lowest BCUT2D eigenvalue weighted by atomic mass is 11.4. The molecule has 4 N–H and O–H groups in total. The van der Waals surface area contributed by atoms with E-state index < -0.39 is 0 Å². The quantitative estimate of drug-likeness (QED) is 0.368. The van der Waals surface area contributed by atoms with Gasteiger partial charge in [-0.2, -0.15) is 0 Å². The minimum atomic E-state index is 0. The van der Waals surface area contributed by atoms with E-state index in [1.807, 2.05) is 0 Å². The van der Waals surface area contributed by atoms with Crippen LogP contribution in [0.2, 0.25) is 0 Å². The lowest BCUT2D eigenvalue weighted by molar-refractivity contribution is 0.679. The van der Waals surface area contributed by atoms with Crippen LogP contribution in [0.25, 0.3) is 0 Å². The van der Waals surface area contributed by atoms with Crippen LogP contribution in [0.4, 0.5) is 0 Å². The van der Waals surface area contributed by atoms with Crippen LogP contribution in [-0.4, -0.2) is 25.8 Å². The van der Waals surface area contributed by atoms with Gasteiger partial charge in [-0.15, -0.1) is 10.2 Å². The molecule has 0 saturated heterocycles. The summed E-state index contributed by atoms with van der Waals surface area (Å²) in [7, 11) is 0. The van der Waals surface area contributed by atoms with Gasteiger partial charge in [0.1, 0.15) is 0 Å². The molecule has 0 aliphatic heterocycles. The highest BCUT2D eigenvalue weighted by Gasteiger charge is 1.72. The maximum atomic E-state index is 4.91. The van der Waals surface area contributed by atoms with Crippen molar-refractivity contribution in [3.05, 3.63) is 6.33 Å². The first kappa shape index (κ1) is 5.83. The molecule has 0 amide bonds. The summed E-state index contributed by atoms with van der Waals surface area (Å²) in [4.78, 5) is 0.889. The van der Waals surface area contributed by atoms with Crippen molar-refractivity contribution in [3.63, 3.8) is 0 Å². The topological polar surface area (TPSA) is 101 Å². The predicted octanol–water partition coefficient (Wildman–Crippen LogP) is -2.44. The second-order valence-electron chi connectivity index (χ2n) is 0.756. The Bertz CT molecular complexity index is 112. The van der Waals surface area contributed by atoms with Crippen LogP contribution in [0.15, 0.2) is 6.33 Å². The fourth-order valence-corrected chi connectivity index (χ4v) is 0.175. The first-order valence-electron chi connectivity index (χ1n) is 1.37. The third-order valence-corrected chi connectivity index (χ3v) is 0.365. The molecular formula is CH5N5O. The zero-order chi connectivity index (χ0) is 4.41. The zero-order valence-corrected chi connectivity index (χ0v) is 3.44. The number of rotatable bonds is 0. The third-order valence-electron chi connectivity index (χ3n) is 0.365. The number of hydrogen-bond donors (Lipinski definition) is 1. The monoisotopic (exact) mass is 103 g/mol. The molecule has 0 unspecified atom stereocenters. The predicted molar refractivity (Wildman–Crippen MR) is 21.6 cm³/mol. The Hall–Kier alpha value is -1.17. The van der Waals surface area contributed by atoms with Crippen LogP contribution < -0.4 is 5.84 Å². The molecule has 0 saturated carbocycles. The molecule has 6 heteroatoms. The Kier molecular flexibility index (Phi) is 1.74. The summed E-state index contributed by atoms with van der Waals surface area (Å²) in [6, 6.07) is 0. The van der Waals surface area contributed by atoms with Gasteiger partial charge in [0.05, 0.1) is 0 Å². The summed E-state index contributed by atoms with van der Waals surface area (Å²) in [6.07, 6.45) is 1.26. The van der Waals surface area contributed by atoms with E-state index in [0.717, 1.165) is 4.91 Å². The second kappa shape index (κ2) is 2.08. The molecule has 0 aromatic carbocycles. The number of nitrogens with zero attached hydrogens (tertiary/aromatic N) is 4. The fourth-order valence-electron chi connectivity index (χ4n) is 0.175. The maximum absolute atomic E-state index is 4.91.